The number of rotatable bonds is 4. The lowest BCUT2D eigenvalue weighted by molar-refractivity contribution is -0.126. The molecular weight excluding hydrogens is 358 g/mol. The van der Waals surface area contributed by atoms with E-state index in [0.717, 1.165) is 29.0 Å². The van der Waals surface area contributed by atoms with Gasteiger partial charge in [0.2, 0.25) is 5.91 Å². The summed E-state index contributed by atoms with van der Waals surface area (Å²) in [6.45, 7) is 2.33. The molecule has 0 fully saturated rings. The fraction of sp³-hybridized carbons (Fsp3) is 0.318. The quantitative estimate of drug-likeness (QED) is 0.762. The molecule has 146 valence electrons. The molecule has 2 heterocycles. The number of benzene rings is 2. The van der Waals surface area contributed by atoms with Gasteiger partial charge in [-0.05, 0) is 53.5 Å². The van der Waals surface area contributed by atoms with Crippen molar-refractivity contribution in [2.45, 2.75) is 13.0 Å². The van der Waals surface area contributed by atoms with Gasteiger partial charge in [0.15, 0.2) is 23.0 Å². The molecule has 2 aliphatic heterocycles. The third kappa shape index (κ3) is 3.63. The smallest absolute Gasteiger partial charge is 0.246 e. The molecule has 6 heteroatoms. The molecule has 0 aromatic heterocycles. The highest BCUT2D eigenvalue weighted by atomic mass is 16.6. The van der Waals surface area contributed by atoms with Crippen LogP contribution in [-0.2, 0) is 17.8 Å². The molecule has 28 heavy (non-hydrogen) atoms. The van der Waals surface area contributed by atoms with E-state index >= 15 is 0 Å². The second kappa shape index (κ2) is 7.84. The van der Waals surface area contributed by atoms with Gasteiger partial charge in [0.05, 0.1) is 14.2 Å². The van der Waals surface area contributed by atoms with E-state index in [4.69, 9.17) is 18.9 Å². The molecule has 0 atom stereocenters. The Morgan fingerprint density at radius 2 is 1.71 bits per heavy atom. The first kappa shape index (κ1) is 18.2. The predicted molar refractivity (Wildman–Crippen MR) is 105 cm³/mol. The van der Waals surface area contributed by atoms with Crippen LogP contribution in [0.2, 0.25) is 0 Å². The van der Waals surface area contributed by atoms with E-state index in [1.807, 2.05) is 41.3 Å². The molecule has 0 bridgehead atoms. The lowest BCUT2D eigenvalue weighted by Gasteiger charge is -2.28. The van der Waals surface area contributed by atoms with Gasteiger partial charge < -0.3 is 23.8 Å². The Labute approximate surface area is 164 Å². The summed E-state index contributed by atoms with van der Waals surface area (Å²) in [5.74, 6) is 2.85. The van der Waals surface area contributed by atoms with Gasteiger partial charge >= 0.3 is 0 Å². The molecule has 0 radical (unpaired) electrons. The van der Waals surface area contributed by atoms with Crippen molar-refractivity contribution >= 4 is 12.0 Å². The number of ether oxygens (including phenoxy) is 4. The molecule has 2 aromatic carbocycles. The fourth-order valence-electron chi connectivity index (χ4n) is 3.51. The van der Waals surface area contributed by atoms with Crippen LogP contribution < -0.4 is 18.9 Å². The van der Waals surface area contributed by atoms with E-state index in [9.17, 15) is 4.79 Å². The van der Waals surface area contributed by atoms with E-state index in [1.54, 1.807) is 20.3 Å². The van der Waals surface area contributed by atoms with Crippen LogP contribution in [0.4, 0.5) is 0 Å². The van der Waals surface area contributed by atoms with Crippen molar-refractivity contribution in [3.63, 3.8) is 0 Å². The lowest BCUT2D eigenvalue weighted by Crippen LogP contribution is -2.34. The summed E-state index contributed by atoms with van der Waals surface area (Å²) in [6, 6.07) is 9.63. The predicted octanol–water partition coefficient (Wildman–Crippen LogP) is 3.07. The van der Waals surface area contributed by atoms with Crippen molar-refractivity contribution in [3.8, 4) is 23.0 Å². The minimum Gasteiger partial charge on any atom is -0.493 e. The average molecular weight is 381 g/mol. The second-order valence-electron chi connectivity index (χ2n) is 6.72. The van der Waals surface area contributed by atoms with Crippen LogP contribution in [0.3, 0.4) is 0 Å². The van der Waals surface area contributed by atoms with E-state index in [-0.39, 0.29) is 5.91 Å². The zero-order valence-electron chi connectivity index (χ0n) is 16.1. The van der Waals surface area contributed by atoms with Gasteiger partial charge in [0.1, 0.15) is 13.2 Å². The van der Waals surface area contributed by atoms with Crippen LogP contribution >= 0.6 is 0 Å². The van der Waals surface area contributed by atoms with Crippen LogP contribution in [0, 0.1) is 0 Å². The fourth-order valence-corrected chi connectivity index (χ4v) is 3.51. The summed E-state index contributed by atoms with van der Waals surface area (Å²) in [7, 11) is 3.25. The van der Waals surface area contributed by atoms with Gasteiger partial charge in [0.25, 0.3) is 0 Å². The normalized spacial score (nSPS) is 15.3. The molecule has 4 rings (SSSR count). The Bertz CT molecular complexity index is 921. The topological polar surface area (TPSA) is 57.2 Å². The van der Waals surface area contributed by atoms with Crippen LogP contribution in [0.25, 0.3) is 6.08 Å². The number of fused-ring (bicyclic) bond motifs is 2. The van der Waals surface area contributed by atoms with Gasteiger partial charge in [0, 0.05) is 19.2 Å². The monoisotopic (exact) mass is 381 g/mol. The van der Waals surface area contributed by atoms with Crippen molar-refractivity contribution in [1.82, 2.24) is 4.90 Å². The zero-order valence-corrected chi connectivity index (χ0v) is 16.1. The van der Waals surface area contributed by atoms with Gasteiger partial charge in [-0.25, -0.2) is 0 Å². The summed E-state index contributed by atoms with van der Waals surface area (Å²) in [6.07, 6.45) is 4.21. The molecule has 0 N–H and O–H groups in total. The minimum atomic E-state index is -0.0182. The highest BCUT2D eigenvalue weighted by Crippen LogP contribution is 2.33. The van der Waals surface area contributed by atoms with E-state index in [2.05, 4.69) is 0 Å². The maximum absolute atomic E-state index is 12.7. The summed E-state index contributed by atoms with van der Waals surface area (Å²) in [5.41, 5.74) is 3.18. The van der Waals surface area contributed by atoms with E-state index in [1.165, 1.54) is 5.56 Å². The Hall–Kier alpha value is -3.15. The van der Waals surface area contributed by atoms with Crippen molar-refractivity contribution in [3.05, 3.63) is 53.1 Å². The van der Waals surface area contributed by atoms with Crippen LogP contribution in [0.5, 0.6) is 23.0 Å². The van der Waals surface area contributed by atoms with Crippen LogP contribution in [0.15, 0.2) is 36.4 Å². The summed E-state index contributed by atoms with van der Waals surface area (Å²) in [5, 5.41) is 0. The maximum Gasteiger partial charge on any atom is 0.246 e. The van der Waals surface area contributed by atoms with Crippen molar-refractivity contribution in [2.75, 3.05) is 34.0 Å². The van der Waals surface area contributed by atoms with Crippen molar-refractivity contribution < 1.29 is 23.7 Å². The molecular formula is C22H23NO5. The molecule has 0 spiro atoms. The number of amides is 1. The molecule has 1 amide bonds. The Kier molecular flexibility index (Phi) is 5.10. The number of nitrogens with zero attached hydrogens (tertiary/aromatic N) is 1. The molecule has 0 aliphatic carbocycles. The molecule has 2 aliphatic rings. The third-order valence-electron chi connectivity index (χ3n) is 5.01. The van der Waals surface area contributed by atoms with E-state index < -0.39 is 0 Å². The number of hydrogen-bond acceptors (Lipinski definition) is 5. The Morgan fingerprint density at radius 1 is 1.00 bits per heavy atom. The van der Waals surface area contributed by atoms with Gasteiger partial charge in [-0.3, -0.25) is 4.79 Å². The maximum atomic E-state index is 12.7. The van der Waals surface area contributed by atoms with Crippen molar-refractivity contribution in [2.24, 2.45) is 0 Å². The number of carbonyl (C=O) groups is 1. The van der Waals surface area contributed by atoms with Gasteiger partial charge in [-0.15, -0.1) is 0 Å². The molecule has 6 nitrogen and oxygen atoms in total. The lowest BCUT2D eigenvalue weighted by atomic mass is 9.98. The summed E-state index contributed by atoms with van der Waals surface area (Å²) in [4.78, 5) is 14.5. The first-order valence-electron chi connectivity index (χ1n) is 9.28. The first-order chi connectivity index (χ1) is 13.7. The van der Waals surface area contributed by atoms with Crippen LogP contribution in [-0.4, -0.2) is 44.8 Å². The molecule has 0 saturated carbocycles. The minimum absolute atomic E-state index is 0.0182. The number of hydrogen-bond donors (Lipinski definition) is 0. The second-order valence-corrected chi connectivity index (χ2v) is 6.72. The highest BCUT2D eigenvalue weighted by molar-refractivity contribution is 5.92. The van der Waals surface area contributed by atoms with Gasteiger partial charge in [-0.2, -0.15) is 0 Å². The largest absolute Gasteiger partial charge is 0.493 e. The number of carbonyl (C=O) groups excluding carboxylic acids is 1. The Morgan fingerprint density at radius 3 is 2.46 bits per heavy atom. The standard InChI is InChI=1S/C22H23NO5/c1-25-19-12-16-7-8-23(14-17(16)13-20(19)26-2)22(24)6-4-15-3-5-18-21(11-15)28-10-9-27-18/h3-6,11-13H,7-10,14H2,1-2H3. The Balaban J connectivity index is 1.47. The van der Waals surface area contributed by atoms with E-state index in [0.29, 0.717) is 37.8 Å². The SMILES string of the molecule is COc1cc2c(cc1OC)CN(C(=O)C=Cc1ccc3c(c1)OCCO3)CC2. The molecule has 0 saturated heterocycles. The van der Waals surface area contributed by atoms with Crippen LogP contribution in [0.1, 0.15) is 16.7 Å². The van der Waals surface area contributed by atoms with Crippen molar-refractivity contribution in [1.29, 1.82) is 0 Å². The molecule has 2 aromatic rings. The highest BCUT2D eigenvalue weighted by Gasteiger charge is 2.21. The molecule has 0 unspecified atom stereocenters. The average Bonchev–Trinajstić information content (AvgIpc) is 2.75. The summed E-state index contributed by atoms with van der Waals surface area (Å²) < 4.78 is 21.9. The summed E-state index contributed by atoms with van der Waals surface area (Å²) >= 11 is 0. The number of methoxy groups -OCH3 is 2. The zero-order chi connectivity index (χ0) is 19.5. The first-order valence-corrected chi connectivity index (χ1v) is 9.28. The van der Waals surface area contributed by atoms with Gasteiger partial charge in [-0.1, -0.05) is 6.07 Å². The third-order valence-corrected chi connectivity index (χ3v) is 5.01.